The molecule has 0 fully saturated rings. The van der Waals surface area contributed by atoms with E-state index in [9.17, 15) is 5.11 Å². The lowest BCUT2D eigenvalue weighted by Gasteiger charge is -2.11. The number of aryl methyl sites for hydroxylation is 1. The highest BCUT2D eigenvalue weighted by atomic mass is 79.9. The van der Waals surface area contributed by atoms with E-state index in [0.717, 1.165) is 28.0 Å². The van der Waals surface area contributed by atoms with Gasteiger partial charge in [0.1, 0.15) is 5.82 Å². The average Bonchev–Trinajstić information content (AvgIpc) is 2.50. The maximum Gasteiger partial charge on any atom is 0.161 e. The number of hydrogen-bond donors (Lipinski definition) is 2. The molecule has 1 aromatic heterocycles. The van der Waals surface area contributed by atoms with Gasteiger partial charge in [-0.1, -0.05) is 6.92 Å². The summed E-state index contributed by atoms with van der Waals surface area (Å²) in [7, 11) is 1.82. The fraction of sp³-hybridized carbons (Fsp3) is 0.333. The Kier molecular flexibility index (Phi) is 5.01. The molecule has 0 radical (unpaired) electrons. The molecule has 2 aromatic rings. The summed E-state index contributed by atoms with van der Waals surface area (Å²) in [5.41, 5.74) is 1.73. The number of aromatic nitrogens is 2. The normalized spacial score (nSPS) is 10.5. The number of rotatable bonds is 5. The second kappa shape index (κ2) is 6.76. The number of nitrogens with zero attached hydrogens (tertiary/aromatic N) is 2. The van der Waals surface area contributed by atoms with Gasteiger partial charge in [-0.25, -0.2) is 9.97 Å². The fourth-order valence-corrected chi connectivity index (χ4v) is 2.60. The molecule has 0 saturated heterocycles. The van der Waals surface area contributed by atoms with Crippen LogP contribution < -0.4 is 10.1 Å². The molecule has 1 aromatic carbocycles. The molecule has 0 atom stereocenters. The summed E-state index contributed by atoms with van der Waals surface area (Å²) in [6.07, 6.45) is 0.793. The van der Waals surface area contributed by atoms with Crippen LogP contribution in [0.2, 0.25) is 0 Å². The number of phenolic OH excluding ortho intramolecular Hbond substituents is 1. The summed E-state index contributed by atoms with van der Waals surface area (Å²) in [6.45, 7) is 4.40. The molecule has 0 spiro atoms. The van der Waals surface area contributed by atoms with E-state index in [-0.39, 0.29) is 5.75 Å². The quantitative estimate of drug-likeness (QED) is 0.860. The van der Waals surface area contributed by atoms with Gasteiger partial charge in [0, 0.05) is 12.6 Å². The largest absolute Gasteiger partial charge is 0.504 e. The molecule has 0 bridgehead atoms. The van der Waals surface area contributed by atoms with Gasteiger partial charge in [0.2, 0.25) is 0 Å². The second-order valence-electron chi connectivity index (χ2n) is 4.38. The summed E-state index contributed by atoms with van der Waals surface area (Å²) in [4.78, 5) is 9.06. The molecule has 0 aliphatic heterocycles. The van der Waals surface area contributed by atoms with Crippen LogP contribution in [0.25, 0.3) is 11.4 Å². The number of aromatic hydroxyl groups is 1. The van der Waals surface area contributed by atoms with Gasteiger partial charge in [-0.15, -0.1) is 0 Å². The maximum absolute atomic E-state index is 9.77. The van der Waals surface area contributed by atoms with Crippen LogP contribution in [-0.2, 0) is 6.42 Å². The van der Waals surface area contributed by atoms with Crippen LogP contribution >= 0.6 is 15.9 Å². The van der Waals surface area contributed by atoms with Crippen LogP contribution in [0.5, 0.6) is 11.5 Å². The molecule has 2 N–H and O–H groups in total. The van der Waals surface area contributed by atoms with E-state index < -0.39 is 0 Å². The van der Waals surface area contributed by atoms with Crippen molar-refractivity contribution in [2.75, 3.05) is 19.0 Å². The number of ether oxygens (including phenoxy) is 1. The molecular weight excluding hydrogens is 334 g/mol. The summed E-state index contributed by atoms with van der Waals surface area (Å²) in [5, 5.41) is 12.8. The summed E-state index contributed by atoms with van der Waals surface area (Å²) < 4.78 is 6.28. The first kappa shape index (κ1) is 15.6. The first-order valence-corrected chi connectivity index (χ1v) is 7.60. The number of nitrogens with one attached hydrogen (secondary N) is 1. The first-order chi connectivity index (χ1) is 10.1. The highest BCUT2D eigenvalue weighted by Crippen LogP contribution is 2.32. The van der Waals surface area contributed by atoms with E-state index in [1.807, 2.05) is 20.9 Å². The van der Waals surface area contributed by atoms with Crippen molar-refractivity contribution < 1.29 is 9.84 Å². The number of hydrogen-bond acceptors (Lipinski definition) is 5. The smallest absolute Gasteiger partial charge is 0.161 e. The third-order valence-electron chi connectivity index (χ3n) is 3.01. The molecule has 1 heterocycles. The van der Waals surface area contributed by atoms with Crippen molar-refractivity contribution in [2.24, 2.45) is 0 Å². The fourth-order valence-electron chi connectivity index (χ4n) is 1.95. The number of phenols is 1. The minimum atomic E-state index is 0.113. The van der Waals surface area contributed by atoms with Gasteiger partial charge in [0.05, 0.1) is 16.8 Å². The number of anilines is 1. The second-order valence-corrected chi connectivity index (χ2v) is 5.17. The summed E-state index contributed by atoms with van der Waals surface area (Å²) in [6, 6.07) is 5.12. The van der Waals surface area contributed by atoms with Crippen LogP contribution in [0.4, 0.5) is 5.82 Å². The van der Waals surface area contributed by atoms with Crippen LogP contribution in [0.15, 0.2) is 22.7 Å². The Morgan fingerprint density at radius 2 is 2.05 bits per heavy atom. The van der Waals surface area contributed by atoms with Crippen molar-refractivity contribution in [1.82, 2.24) is 9.97 Å². The van der Waals surface area contributed by atoms with E-state index in [1.165, 1.54) is 0 Å². The standard InChI is InChI=1S/C15H18BrN3O2/c1-4-10-13(16)15(17-3)19-14(18-10)9-6-7-11(20)12(8-9)21-5-2/h6-8,20H,4-5H2,1-3H3,(H,17,18,19). The third-order valence-corrected chi connectivity index (χ3v) is 3.84. The van der Waals surface area contributed by atoms with Crippen molar-refractivity contribution in [3.8, 4) is 22.9 Å². The Hall–Kier alpha value is -1.82. The summed E-state index contributed by atoms with van der Waals surface area (Å²) in [5.74, 6) is 1.89. The predicted octanol–water partition coefficient (Wildman–Crippen LogP) is 3.61. The minimum absolute atomic E-state index is 0.113. The van der Waals surface area contributed by atoms with Crippen LogP contribution in [0.3, 0.4) is 0 Å². The van der Waals surface area contributed by atoms with Gasteiger partial charge in [-0.05, 0) is 47.5 Å². The first-order valence-electron chi connectivity index (χ1n) is 6.81. The van der Waals surface area contributed by atoms with Crippen LogP contribution in [0, 0.1) is 0 Å². The molecule has 0 amide bonds. The van der Waals surface area contributed by atoms with Crippen molar-refractivity contribution >= 4 is 21.7 Å². The van der Waals surface area contributed by atoms with Gasteiger partial charge in [-0.3, -0.25) is 0 Å². The molecule has 6 heteroatoms. The highest BCUT2D eigenvalue weighted by molar-refractivity contribution is 9.10. The lowest BCUT2D eigenvalue weighted by Crippen LogP contribution is -2.03. The summed E-state index contributed by atoms with van der Waals surface area (Å²) >= 11 is 3.51. The topological polar surface area (TPSA) is 67.3 Å². The molecule has 0 aliphatic carbocycles. The van der Waals surface area contributed by atoms with Crippen molar-refractivity contribution in [3.63, 3.8) is 0 Å². The van der Waals surface area contributed by atoms with Crippen LogP contribution in [-0.4, -0.2) is 28.7 Å². The lowest BCUT2D eigenvalue weighted by molar-refractivity contribution is 0.318. The average molecular weight is 352 g/mol. The molecule has 0 unspecified atom stereocenters. The Morgan fingerprint density at radius 1 is 1.29 bits per heavy atom. The van der Waals surface area contributed by atoms with E-state index in [0.29, 0.717) is 18.2 Å². The molecule has 0 aliphatic rings. The van der Waals surface area contributed by atoms with E-state index in [2.05, 4.69) is 31.2 Å². The monoisotopic (exact) mass is 351 g/mol. The Balaban J connectivity index is 2.53. The molecule has 5 nitrogen and oxygen atoms in total. The van der Waals surface area contributed by atoms with Gasteiger partial charge in [0.15, 0.2) is 17.3 Å². The molecule has 0 saturated carbocycles. The lowest BCUT2D eigenvalue weighted by atomic mass is 10.1. The zero-order chi connectivity index (χ0) is 15.4. The molecule has 112 valence electrons. The highest BCUT2D eigenvalue weighted by Gasteiger charge is 2.13. The Morgan fingerprint density at radius 3 is 2.67 bits per heavy atom. The van der Waals surface area contributed by atoms with Crippen molar-refractivity contribution in [2.45, 2.75) is 20.3 Å². The molecule has 21 heavy (non-hydrogen) atoms. The van der Waals surface area contributed by atoms with Crippen LogP contribution in [0.1, 0.15) is 19.5 Å². The number of benzene rings is 1. The number of halogens is 1. The maximum atomic E-state index is 9.77. The zero-order valence-corrected chi connectivity index (χ0v) is 13.9. The van der Waals surface area contributed by atoms with E-state index in [1.54, 1.807) is 18.2 Å². The van der Waals surface area contributed by atoms with Crippen molar-refractivity contribution in [3.05, 3.63) is 28.4 Å². The minimum Gasteiger partial charge on any atom is -0.504 e. The SMILES string of the molecule is CCOc1cc(-c2nc(CC)c(Br)c(NC)n2)ccc1O. The third kappa shape index (κ3) is 3.26. The van der Waals surface area contributed by atoms with E-state index in [4.69, 9.17) is 4.74 Å². The van der Waals surface area contributed by atoms with Gasteiger partial charge < -0.3 is 15.2 Å². The predicted molar refractivity (Wildman–Crippen MR) is 86.9 cm³/mol. The molecular formula is C15H18BrN3O2. The Bertz CT molecular complexity index is 622. The Labute approximate surface area is 132 Å². The van der Waals surface area contributed by atoms with E-state index >= 15 is 0 Å². The van der Waals surface area contributed by atoms with Gasteiger partial charge >= 0.3 is 0 Å². The van der Waals surface area contributed by atoms with Crippen molar-refractivity contribution in [1.29, 1.82) is 0 Å². The zero-order valence-electron chi connectivity index (χ0n) is 12.3. The molecule has 2 rings (SSSR count). The van der Waals surface area contributed by atoms with Gasteiger partial charge in [-0.2, -0.15) is 0 Å². The van der Waals surface area contributed by atoms with Gasteiger partial charge in [0.25, 0.3) is 0 Å².